The zero-order chi connectivity index (χ0) is 13.4. The van der Waals surface area contributed by atoms with E-state index >= 15 is 0 Å². The lowest BCUT2D eigenvalue weighted by atomic mass is 10.0. The molecule has 0 fully saturated rings. The Balaban J connectivity index is 2.06. The van der Waals surface area contributed by atoms with Crippen molar-refractivity contribution in [2.24, 2.45) is 0 Å². The van der Waals surface area contributed by atoms with Crippen LogP contribution >= 0.6 is 0 Å². The molecule has 2 aromatic rings. The number of nitrogens with zero attached hydrogens (tertiary/aromatic N) is 2. The number of aromatic nitrogens is 2. The number of benzene rings is 1. The Morgan fingerprint density at radius 3 is 2.53 bits per heavy atom. The monoisotopic (exact) mass is 253 g/mol. The minimum Gasteiger partial charge on any atom is -0.348 e. The van der Waals surface area contributed by atoms with E-state index in [9.17, 15) is 4.79 Å². The van der Waals surface area contributed by atoms with Gasteiger partial charge >= 0.3 is 0 Å². The standard InChI is InChI=1S/C15H15N3O/c1-9(2)10-6-16-14(17-7-10)11-4-3-5-12-13(11)8-18-15(12)19/h3-7,9H,8H2,1-2H3,(H,18,19). The van der Waals surface area contributed by atoms with Crippen molar-refractivity contribution in [2.45, 2.75) is 26.3 Å². The van der Waals surface area contributed by atoms with Crippen LogP contribution in [0.5, 0.6) is 0 Å². The van der Waals surface area contributed by atoms with E-state index in [4.69, 9.17) is 0 Å². The Bertz CT molecular complexity index is 632. The van der Waals surface area contributed by atoms with E-state index in [1.54, 1.807) is 0 Å². The van der Waals surface area contributed by atoms with Crippen LogP contribution in [0.25, 0.3) is 11.4 Å². The van der Waals surface area contributed by atoms with Crippen LogP contribution in [0, 0.1) is 0 Å². The Morgan fingerprint density at radius 1 is 1.16 bits per heavy atom. The van der Waals surface area contributed by atoms with Crippen molar-refractivity contribution >= 4 is 5.91 Å². The lowest BCUT2D eigenvalue weighted by Crippen LogP contribution is -2.12. The van der Waals surface area contributed by atoms with Crippen molar-refractivity contribution in [3.8, 4) is 11.4 Å². The number of hydrogen-bond donors (Lipinski definition) is 1. The molecule has 0 unspecified atom stereocenters. The minimum absolute atomic E-state index is 0.0179. The van der Waals surface area contributed by atoms with Gasteiger partial charge in [0.1, 0.15) is 0 Å². The largest absolute Gasteiger partial charge is 0.348 e. The van der Waals surface area contributed by atoms with Gasteiger partial charge in [0.25, 0.3) is 5.91 Å². The molecule has 1 aromatic heterocycles. The number of nitrogens with one attached hydrogen (secondary N) is 1. The highest BCUT2D eigenvalue weighted by molar-refractivity contribution is 6.00. The van der Waals surface area contributed by atoms with Crippen LogP contribution in [0.4, 0.5) is 0 Å². The molecule has 19 heavy (non-hydrogen) atoms. The van der Waals surface area contributed by atoms with E-state index in [2.05, 4.69) is 29.1 Å². The molecule has 4 heteroatoms. The van der Waals surface area contributed by atoms with Crippen LogP contribution in [-0.4, -0.2) is 15.9 Å². The second-order valence-corrected chi connectivity index (χ2v) is 5.01. The first-order chi connectivity index (χ1) is 9.16. The van der Waals surface area contributed by atoms with Crippen molar-refractivity contribution in [1.29, 1.82) is 0 Å². The number of carbonyl (C=O) groups is 1. The summed E-state index contributed by atoms with van der Waals surface area (Å²) < 4.78 is 0. The maximum absolute atomic E-state index is 11.6. The lowest BCUT2D eigenvalue weighted by molar-refractivity contribution is 0.0966. The van der Waals surface area contributed by atoms with Crippen molar-refractivity contribution in [3.63, 3.8) is 0 Å². The van der Waals surface area contributed by atoms with E-state index in [1.165, 1.54) is 0 Å². The molecule has 0 aliphatic carbocycles. The van der Waals surface area contributed by atoms with Crippen LogP contribution < -0.4 is 5.32 Å². The Kier molecular flexibility index (Phi) is 2.78. The molecule has 0 saturated carbocycles. The van der Waals surface area contributed by atoms with Crippen LogP contribution in [0.2, 0.25) is 0 Å². The molecule has 0 bridgehead atoms. The summed E-state index contributed by atoms with van der Waals surface area (Å²) >= 11 is 0. The molecule has 0 radical (unpaired) electrons. The first-order valence-electron chi connectivity index (χ1n) is 6.39. The molecule has 0 atom stereocenters. The molecule has 96 valence electrons. The van der Waals surface area contributed by atoms with Crippen LogP contribution in [-0.2, 0) is 6.54 Å². The molecule has 2 heterocycles. The summed E-state index contributed by atoms with van der Waals surface area (Å²) in [6.07, 6.45) is 3.72. The number of hydrogen-bond acceptors (Lipinski definition) is 3. The maximum atomic E-state index is 11.6. The van der Waals surface area contributed by atoms with Gasteiger partial charge in [0.05, 0.1) is 0 Å². The van der Waals surface area contributed by atoms with Crippen molar-refractivity contribution in [2.75, 3.05) is 0 Å². The van der Waals surface area contributed by atoms with Crippen LogP contribution in [0.1, 0.15) is 41.3 Å². The molecule has 1 aliphatic heterocycles. The predicted octanol–water partition coefficient (Wildman–Crippen LogP) is 2.51. The summed E-state index contributed by atoms with van der Waals surface area (Å²) in [6.45, 7) is 4.78. The van der Waals surface area contributed by atoms with Gasteiger partial charge in [0, 0.05) is 30.1 Å². The molecular weight excluding hydrogens is 238 g/mol. The number of amides is 1. The zero-order valence-electron chi connectivity index (χ0n) is 11.0. The topological polar surface area (TPSA) is 54.9 Å². The van der Waals surface area contributed by atoms with E-state index in [0.29, 0.717) is 18.3 Å². The fraction of sp³-hybridized carbons (Fsp3) is 0.267. The molecule has 0 saturated heterocycles. The Hall–Kier alpha value is -2.23. The third-order valence-corrected chi connectivity index (χ3v) is 3.43. The van der Waals surface area contributed by atoms with Crippen molar-refractivity contribution < 1.29 is 4.79 Å². The van der Waals surface area contributed by atoms with E-state index in [1.807, 2.05) is 30.6 Å². The number of rotatable bonds is 2. The fourth-order valence-corrected chi connectivity index (χ4v) is 2.24. The van der Waals surface area contributed by atoms with Gasteiger partial charge in [-0.2, -0.15) is 0 Å². The number of fused-ring (bicyclic) bond motifs is 1. The average Bonchev–Trinajstić information content (AvgIpc) is 2.81. The first-order valence-corrected chi connectivity index (χ1v) is 6.39. The molecule has 1 aliphatic rings. The second kappa shape index (κ2) is 4.46. The summed E-state index contributed by atoms with van der Waals surface area (Å²) in [5.74, 6) is 1.08. The minimum atomic E-state index is -0.0179. The summed E-state index contributed by atoms with van der Waals surface area (Å²) in [7, 11) is 0. The highest BCUT2D eigenvalue weighted by Gasteiger charge is 2.22. The van der Waals surface area contributed by atoms with Gasteiger partial charge in [-0.05, 0) is 23.1 Å². The summed E-state index contributed by atoms with van der Waals surface area (Å²) in [5.41, 5.74) is 3.77. The summed E-state index contributed by atoms with van der Waals surface area (Å²) in [6, 6.07) is 5.67. The smallest absolute Gasteiger partial charge is 0.251 e. The van der Waals surface area contributed by atoms with Gasteiger partial charge in [0.2, 0.25) is 0 Å². The SMILES string of the molecule is CC(C)c1cnc(-c2cccc3c2CNC3=O)nc1. The van der Waals surface area contributed by atoms with Crippen LogP contribution in [0.3, 0.4) is 0 Å². The van der Waals surface area contributed by atoms with Crippen molar-refractivity contribution in [3.05, 3.63) is 47.3 Å². The van der Waals surface area contributed by atoms with Gasteiger partial charge in [-0.3, -0.25) is 4.79 Å². The third kappa shape index (κ3) is 1.99. The lowest BCUT2D eigenvalue weighted by Gasteiger charge is -2.07. The second-order valence-electron chi connectivity index (χ2n) is 5.01. The molecule has 1 amide bonds. The molecular formula is C15H15N3O. The molecule has 1 N–H and O–H groups in total. The summed E-state index contributed by atoms with van der Waals surface area (Å²) in [4.78, 5) is 20.5. The summed E-state index contributed by atoms with van der Waals surface area (Å²) in [5, 5.41) is 2.83. The zero-order valence-corrected chi connectivity index (χ0v) is 11.0. The highest BCUT2D eigenvalue weighted by Crippen LogP contribution is 2.27. The maximum Gasteiger partial charge on any atom is 0.251 e. The molecule has 4 nitrogen and oxygen atoms in total. The number of carbonyl (C=O) groups excluding carboxylic acids is 1. The van der Waals surface area contributed by atoms with Gasteiger partial charge in [0.15, 0.2) is 5.82 Å². The van der Waals surface area contributed by atoms with E-state index in [-0.39, 0.29) is 5.91 Å². The fourth-order valence-electron chi connectivity index (χ4n) is 2.24. The molecule has 3 rings (SSSR count). The van der Waals surface area contributed by atoms with Gasteiger partial charge in [-0.25, -0.2) is 9.97 Å². The first kappa shape index (κ1) is 11.8. The molecule has 0 spiro atoms. The van der Waals surface area contributed by atoms with E-state index < -0.39 is 0 Å². The Labute approximate surface area is 111 Å². The van der Waals surface area contributed by atoms with Crippen LogP contribution in [0.15, 0.2) is 30.6 Å². The quantitative estimate of drug-likeness (QED) is 0.894. The Morgan fingerprint density at radius 2 is 1.84 bits per heavy atom. The highest BCUT2D eigenvalue weighted by atomic mass is 16.1. The third-order valence-electron chi connectivity index (χ3n) is 3.43. The van der Waals surface area contributed by atoms with Gasteiger partial charge < -0.3 is 5.32 Å². The normalized spacial score (nSPS) is 13.5. The van der Waals surface area contributed by atoms with Gasteiger partial charge in [-0.1, -0.05) is 26.0 Å². The predicted molar refractivity (Wildman–Crippen MR) is 72.7 cm³/mol. The van der Waals surface area contributed by atoms with E-state index in [0.717, 1.165) is 22.3 Å². The average molecular weight is 253 g/mol. The molecule has 1 aromatic carbocycles. The van der Waals surface area contributed by atoms with Gasteiger partial charge in [-0.15, -0.1) is 0 Å². The van der Waals surface area contributed by atoms with Crippen molar-refractivity contribution in [1.82, 2.24) is 15.3 Å².